The highest BCUT2D eigenvalue weighted by molar-refractivity contribution is 5.78. The molecule has 14 heavy (non-hydrogen) atoms. The van der Waals surface area contributed by atoms with Gasteiger partial charge in [0, 0.05) is 6.04 Å². The van der Waals surface area contributed by atoms with Crippen LogP contribution in [-0.4, -0.2) is 25.0 Å². The number of carbonyl (C=O) groups excluding carboxylic acids is 1. The Kier molecular flexibility index (Phi) is 4.48. The van der Waals surface area contributed by atoms with Crippen molar-refractivity contribution in [2.24, 2.45) is 5.92 Å². The van der Waals surface area contributed by atoms with Crippen molar-refractivity contribution in [1.29, 1.82) is 0 Å². The number of hydrogen-bond donors (Lipinski definition) is 2. The van der Waals surface area contributed by atoms with Gasteiger partial charge in [-0.3, -0.25) is 10.1 Å². The Morgan fingerprint density at radius 2 is 2.43 bits per heavy atom. The third-order valence-electron chi connectivity index (χ3n) is 2.44. The molecule has 78 valence electrons. The Morgan fingerprint density at radius 1 is 1.64 bits per heavy atom. The molecule has 0 radical (unpaired) electrons. The van der Waals surface area contributed by atoms with Gasteiger partial charge in [0.05, 0.1) is 13.1 Å². The summed E-state index contributed by atoms with van der Waals surface area (Å²) in [6.07, 6.45) is 8.62. The molecule has 0 spiro atoms. The molecule has 0 bridgehead atoms. The lowest BCUT2D eigenvalue weighted by atomic mass is 10.2. The summed E-state index contributed by atoms with van der Waals surface area (Å²) in [5, 5.41) is 5.84. The first-order valence-corrected chi connectivity index (χ1v) is 5.21. The number of nitrogens with one attached hydrogen (secondary N) is 2. The van der Waals surface area contributed by atoms with Gasteiger partial charge in [-0.1, -0.05) is 19.3 Å². The summed E-state index contributed by atoms with van der Waals surface area (Å²) in [6.45, 7) is 2.96. The van der Waals surface area contributed by atoms with Gasteiger partial charge in [0.25, 0.3) is 0 Å². The van der Waals surface area contributed by atoms with Crippen molar-refractivity contribution < 1.29 is 4.79 Å². The molecule has 0 aromatic carbocycles. The Hall–Kier alpha value is -1.01. The topological polar surface area (TPSA) is 41.1 Å². The Balaban J connectivity index is 2.02. The van der Waals surface area contributed by atoms with Gasteiger partial charge in [0.2, 0.25) is 5.91 Å². The van der Waals surface area contributed by atoms with Gasteiger partial charge in [-0.05, 0) is 18.8 Å². The highest BCUT2D eigenvalue weighted by atomic mass is 16.2. The number of amides is 1. The van der Waals surface area contributed by atoms with Gasteiger partial charge in [0.15, 0.2) is 0 Å². The first-order chi connectivity index (χ1) is 6.77. The van der Waals surface area contributed by atoms with E-state index in [9.17, 15) is 4.79 Å². The lowest BCUT2D eigenvalue weighted by molar-refractivity contribution is -0.120. The van der Waals surface area contributed by atoms with Crippen molar-refractivity contribution in [2.45, 2.75) is 32.2 Å². The van der Waals surface area contributed by atoms with Crippen molar-refractivity contribution in [3.05, 3.63) is 0 Å². The van der Waals surface area contributed by atoms with Gasteiger partial charge in [-0.25, -0.2) is 0 Å². The molecule has 1 aliphatic rings. The first-order valence-electron chi connectivity index (χ1n) is 5.21. The molecule has 3 nitrogen and oxygen atoms in total. The molecule has 1 fully saturated rings. The molecule has 1 rings (SSSR count). The van der Waals surface area contributed by atoms with Crippen LogP contribution in [0.3, 0.4) is 0 Å². The minimum absolute atomic E-state index is 0.0591. The third kappa shape index (κ3) is 3.80. The maximum Gasteiger partial charge on any atom is 0.234 e. The summed E-state index contributed by atoms with van der Waals surface area (Å²) in [5.41, 5.74) is 0. The Bertz CT molecular complexity index is 232. The number of carbonyl (C=O) groups is 1. The second-order valence-electron chi connectivity index (χ2n) is 3.77. The van der Waals surface area contributed by atoms with Gasteiger partial charge in [-0.2, -0.15) is 0 Å². The SMILES string of the molecule is C#CCNCC(=O)NC1CC1CCC. The van der Waals surface area contributed by atoms with Crippen LogP contribution in [0, 0.1) is 18.3 Å². The normalized spacial score (nSPS) is 24.0. The molecular formula is C11H18N2O. The minimum Gasteiger partial charge on any atom is -0.352 e. The van der Waals surface area contributed by atoms with E-state index >= 15 is 0 Å². The van der Waals surface area contributed by atoms with Crippen molar-refractivity contribution >= 4 is 5.91 Å². The standard InChI is InChI=1S/C11H18N2O/c1-3-5-9-7-10(9)13-11(14)8-12-6-4-2/h2,9-10,12H,3,5-8H2,1H3,(H,13,14). The molecule has 1 aliphatic carbocycles. The van der Waals surface area contributed by atoms with Crippen LogP contribution in [0.15, 0.2) is 0 Å². The smallest absolute Gasteiger partial charge is 0.234 e. The molecule has 0 aromatic rings. The molecule has 0 saturated heterocycles. The summed E-state index contributed by atoms with van der Waals surface area (Å²) >= 11 is 0. The fourth-order valence-electron chi connectivity index (χ4n) is 1.62. The van der Waals surface area contributed by atoms with E-state index < -0.39 is 0 Å². The van der Waals surface area contributed by atoms with Crippen LogP contribution in [0.2, 0.25) is 0 Å². The number of hydrogen-bond acceptors (Lipinski definition) is 2. The molecule has 3 heteroatoms. The fourth-order valence-corrected chi connectivity index (χ4v) is 1.62. The highest BCUT2D eigenvalue weighted by Gasteiger charge is 2.36. The molecule has 2 unspecified atom stereocenters. The van der Waals surface area contributed by atoms with Crippen LogP contribution >= 0.6 is 0 Å². The van der Waals surface area contributed by atoms with Crippen LogP contribution in [0.1, 0.15) is 26.2 Å². The van der Waals surface area contributed by atoms with Crippen molar-refractivity contribution in [1.82, 2.24) is 10.6 Å². The van der Waals surface area contributed by atoms with E-state index in [0.717, 1.165) is 12.3 Å². The van der Waals surface area contributed by atoms with Crippen LogP contribution in [-0.2, 0) is 4.79 Å². The average Bonchev–Trinajstić information content (AvgIpc) is 2.85. The summed E-state index contributed by atoms with van der Waals surface area (Å²) in [4.78, 5) is 11.3. The predicted molar refractivity (Wildman–Crippen MR) is 56.6 cm³/mol. The van der Waals surface area contributed by atoms with Gasteiger partial charge < -0.3 is 5.32 Å². The van der Waals surface area contributed by atoms with Crippen molar-refractivity contribution in [2.75, 3.05) is 13.1 Å². The molecular weight excluding hydrogens is 176 g/mol. The van der Waals surface area contributed by atoms with Crippen LogP contribution in [0.5, 0.6) is 0 Å². The zero-order chi connectivity index (χ0) is 10.4. The monoisotopic (exact) mass is 194 g/mol. The van der Waals surface area contributed by atoms with E-state index in [1.54, 1.807) is 0 Å². The zero-order valence-electron chi connectivity index (χ0n) is 8.68. The zero-order valence-corrected chi connectivity index (χ0v) is 8.68. The number of terminal acetylenes is 1. The summed E-state index contributed by atoms with van der Waals surface area (Å²) in [7, 11) is 0. The van der Waals surface area contributed by atoms with E-state index in [-0.39, 0.29) is 5.91 Å². The maximum absolute atomic E-state index is 11.3. The molecule has 0 heterocycles. The first kappa shape index (κ1) is 11.1. The lowest BCUT2D eigenvalue weighted by Gasteiger charge is -2.03. The Labute approximate surface area is 85.6 Å². The maximum atomic E-state index is 11.3. The van der Waals surface area contributed by atoms with Gasteiger partial charge in [0.1, 0.15) is 0 Å². The van der Waals surface area contributed by atoms with E-state index in [1.165, 1.54) is 12.8 Å². The average molecular weight is 194 g/mol. The lowest BCUT2D eigenvalue weighted by Crippen LogP contribution is -2.35. The highest BCUT2D eigenvalue weighted by Crippen LogP contribution is 2.34. The molecule has 0 aliphatic heterocycles. The van der Waals surface area contributed by atoms with Crippen LogP contribution in [0.4, 0.5) is 0 Å². The second kappa shape index (κ2) is 5.66. The summed E-state index contributed by atoms with van der Waals surface area (Å²) in [5.74, 6) is 3.21. The largest absolute Gasteiger partial charge is 0.352 e. The van der Waals surface area contributed by atoms with Crippen LogP contribution in [0.25, 0.3) is 0 Å². The Morgan fingerprint density at radius 3 is 3.07 bits per heavy atom. The molecule has 1 amide bonds. The summed E-state index contributed by atoms with van der Waals surface area (Å²) in [6, 6.07) is 0.426. The van der Waals surface area contributed by atoms with E-state index in [4.69, 9.17) is 6.42 Å². The third-order valence-corrected chi connectivity index (χ3v) is 2.44. The second-order valence-corrected chi connectivity index (χ2v) is 3.77. The van der Waals surface area contributed by atoms with E-state index in [0.29, 0.717) is 19.1 Å². The van der Waals surface area contributed by atoms with E-state index in [1.807, 2.05) is 0 Å². The molecule has 1 saturated carbocycles. The molecule has 2 N–H and O–H groups in total. The number of rotatable bonds is 6. The van der Waals surface area contributed by atoms with E-state index in [2.05, 4.69) is 23.5 Å². The van der Waals surface area contributed by atoms with Crippen LogP contribution < -0.4 is 10.6 Å². The quantitative estimate of drug-likeness (QED) is 0.478. The molecule has 2 atom stereocenters. The van der Waals surface area contributed by atoms with Crippen molar-refractivity contribution in [3.8, 4) is 12.3 Å². The summed E-state index contributed by atoms with van der Waals surface area (Å²) < 4.78 is 0. The predicted octanol–water partition coefficient (Wildman–Crippen LogP) is 0.514. The van der Waals surface area contributed by atoms with Gasteiger partial charge >= 0.3 is 0 Å². The van der Waals surface area contributed by atoms with Gasteiger partial charge in [-0.15, -0.1) is 6.42 Å². The molecule has 0 aromatic heterocycles. The van der Waals surface area contributed by atoms with Crippen molar-refractivity contribution in [3.63, 3.8) is 0 Å². The fraction of sp³-hybridized carbons (Fsp3) is 0.727. The minimum atomic E-state index is 0.0591.